The first-order valence-electron chi connectivity index (χ1n) is 8.67. The molecule has 0 radical (unpaired) electrons. The highest BCUT2D eigenvalue weighted by atomic mass is 16.5. The molecule has 0 saturated heterocycles. The molecule has 5 heteroatoms. The van der Waals surface area contributed by atoms with Crippen LogP contribution in [-0.4, -0.2) is 29.3 Å². The minimum absolute atomic E-state index is 0.137. The van der Waals surface area contributed by atoms with Gasteiger partial charge >= 0.3 is 0 Å². The van der Waals surface area contributed by atoms with Gasteiger partial charge in [-0.25, -0.2) is 4.68 Å². The van der Waals surface area contributed by atoms with Crippen LogP contribution in [0.1, 0.15) is 24.2 Å². The van der Waals surface area contributed by atoms with E-state index in [0.29, 0.717) is 29.5 Å². The SMILES string of the molecule is COc1ccccc1-c1nn(-c2ccccc2)cc1C(=O)NCC(C)C. The molecule has 0 atom stereocenters. The van der Waals surface area contributed by atoms with E-state index in [4.69, 9.17) is 4.74 Å². The first-order chi connectivity index (χ1) is 12.6. The van der Waals surface area contributed by atoms with Crippen molar-refractivity contribution in [1.82, 2.24) is 15.1 Å². The van der Waals surface area contributed by atoms with Crippen LogP contribution in [-0.2, 0) is 0 Å². The fraction of sp³-hybridized carbons (Fsp3) is 0.238. The summed E-state index contributed by atoms with van der Waals surface area (Å²) in [5.41, 5.74) is 2.82. The van der Waals surface area contributed by atoms with E-state index in [1.807, 2.05) is 54.6 Å². The third-order valence-electron chi connectivity index (χ3n) is 4.01. The highest BCUT2D eigenvalue weighted by Gasteiger charge is 2.21. The molecular formula is C21H23N3O2. The summed E-state index contributed by atoms with van der Waals surface area (Å²) in [5.74, 6) is 0.920. The minimum atomic E-state index is -0.137. The Balaban J connectivity index is 2.09. The third kappa shape index (κ3) is 3.77. The van der Waals surface area contributed by atoms with Gasteiger partial charge in [-0.15, -0.1) is 0 Å². The molecule has 0 saturated carbocycles. The van der Waals surface area contributed by atoms with Crippen LogP contribution in [0.2, 0.25) is 0 Å². The Morgan fingerprint density at radius 2 is 1.81 bits per heavy atom. The molecule has 0 aliphatic rings. The monoisotopic (exact) mass is 349 g/mol. The van der Waals surface area contributed by atoms with Crippen LogP contribution in [0.15, 0.2) is 60.8 Å². The van der Waals surface area contributed by atoms with Crippen LogP contribution in [0.25, 0.3) is 16.9 Å². The van der Waals surface area contributed by atoms with Crippen LogP contribution < -0.4 is 10.1 Å². The van der Waals surface area contributed by atoms with E-state index in [0.717, 1.165) is 11.3 Å². The second-order valence-electron chi connectivity index (χ2n) is 6.48. The summed E-state index contributed by atoms with van der Waals surface area (Å²) in [7, 11) is 1.62. The lowest BCUT2D eigenvalue weighted by Gasteiger charge is -2.09. The van der Waals surface area contributed by atoms with Gasteiger partial charge in [-0.3, -0.25) is 4.79 Å². The zero-order valence-electron chi connectivity index (χ0n) is 15.3. The Kier molecular flexibility index (Phi) is 5.37. The van der Waals surface area contributed by atoms with Gasteiger partial charge in [0.15, 0.2) is 0 Å². The molecule has 1 N–H and O–H groups in total. The first kappa shape index (κ1) is 17.7. The molecule has 0 aliphatic heterocycles. The molecule has 1 heterocycles. The molecular weight excluding hydrogens is 326 g/mol. The molecule has 3 rings (SSSR count). The number of para-hydroxylation sites is 2. The number of nitrogens with one attached hydrogen (secondary N) is 1. The number of methoxy groups -OCH3 is 1. The van der Waals surface area contributed by atoms with Crippen molar-refractivity contribution < 1.29 is 9.53 Å². The first-order valence-corrected chi connectivity index (χ1v) is 8.67. The van der Waals surface area contributed by atoms with Gasteiger partial charge < -0.3 is 10.1 Å². The number of carbonyl (C=O) groups excluding carboxylic acids is 1. The molecule has 0 fully saturated rings. The molecule has 3 aromatic rings. The van der Waals surface area contributed by atoms with Gasteiger partial charge in [0.2, 0.25) is 0 Å². The predicted molar refractivity (Wildman–Crippen MR) is 103 cm³/mol. The van der Waals surface area contributed by atoms with Gasteiger partial charge in [0.05, 0.1) is 18.4 Å². The standard InChI is InChI=1S/C21H23N3O2/c1-15(2)13-22-21(25)18-14-24(16-9-5-4-6-10-16)23-20(18)17-11-7-8-12-19(17)26-3/h4-12,14-15H,13H2,1-3H3,(H,22,25). The summed E-state index contributed by atoms with van der Waals surface area (Å²) >= 11 is 0. The summed E-state index contributed by atoms with van der Waals surface area (Å²) in [6.07, 6.45) is 1.77. The Morgan fingerprint density at radius 3 is 2.50 bits per heavy atom. The minimum Gasteiger partial charge on any atom is -0.496 e. The largest absolute Gasteiger partial charge is 0.496 e. The number of benzene rings is 2. The highest BCUT2D eigenvalue weighted by molar-refractivity contribution is 6.00. The fourth-order valence-electron chi connectivity index (χ4n) is 2.68. The average Bonchev–Trinajstić information content (AvgIpc) is 3.12. The Bertz CT molecular complexity index is 885. The summed E-state index contributed by atoms with van der Waals surface area (Å²) in [6, 6.07) is 17.3. The van der Waals surface area contributed by atoms with Gasteiger partial charge in [-0.2, -0.15) is 5.10 Å². The van der Waals surface area contributed by atoms with Crippen molar-refractivity contribution in [1.29, 1.82) is 0 Å². The molecule has 0 aliphatic carbocycles. The van der Waals surface area contributed by atoms with Crippen molar-refractivity contribution >= 4 is 5.91 Å². The summed E-state index contributed by atoms with van der Waals surface area (Å²) in [6.45, 7) is 4.74. The highest BCUT2D eigenvalue weighted by Crippen LogP contribution is 2.31. The van der Waals surface area contributed by atoms with Crippen molar-refractivity contribution in [2.45, 2.75) is 13.8 Å². The maximum absolute atomic E-state index is 12.8. The van der Waals surface area contributed by atoms with E-state index >= 15 is 0 Å². The van der Waals surface area contributed by atoms with E-state index < -0.39 is 0 Å². The number of amides is 1. The number of hydrogen-bond donors (Lipinski definition) is 1. The molecule has 2 aromatic carbocycles. The van der Waals surface area contributed by atoms with Crippen LogP contribution in [0.5, 0.6) is 5.75 Å². The second kappa shape index (κ2) is 7.87. The molecule has 134 valence electrons. The van der Waals surface area contributed by atoms with E-state index in [-0.39, 0.29) is 5.91 Å². The van der Waals surface area contributed by atoms with E-state index in [9.17, 15) is 4.79 Å². The number of aromatic nitrogens is 2. The molecule has 1 aromatic heterocycles. The maximum Gasteiger partial charge on any atom is 0.255 e. The zero-order valence-corrected chi connectivity index (χ0v) is 15.3. The van der Waals surface area contributed by atoms with Crippen molar-refractivity contribution in [3.8, 4) is 22.7 Å². The molecule has 0 unspecified atom stereocenters. The van der Waals surface area contributed by atoms with Gasteiger partial charge in [-0.1, -0.05) is 44.2 Å². The van der Waals surface area contributed by atoms with Crippen LogP contribution in [0.3, 0.4) is 0 Å². The lowest BCUT2D eigenvalue weighted by atomic mass is 10.1. The second-order valence-corrected chi connectivity index (χ2v) is 6.48. The lowest BCUT2D eigenvalue weighted by molar-refractivity contribution is 0.0949. The number of carbonyl (C=O) groups is 1. The lowest BCUT2D eigenvalue weighted by Crippen LogP contribution is -2.27. The molecule has 0 bridgehead atoms. The third-order valence-corrected chi connectivity index (χ3v) is 4.01. The quantitative estimate of drug-likeness (QED) is 0.733. The predicted octanol–water partition coefficient (Wildman–Crippen LogP) is 3.93. The molecule has 0 spiro atoms. The van der Waals surface area contributed by atoms with Crippen molar-refractivity contribution in [3.05, 3.63) is 66.4 Å². The van der Waals surface area contributed by atoms with Crippen LogP contribution in [0, 0.1) is 5.92 Å². The van der Waals surface area contributed by atoms with Gasteiger partial charge in [0.1, 0.15) is 11.4 Å². The summed E-state index contributed by atoms with van der Waals surface area (Å²) in [5, 5.41) is 7.66. The van der Waals surface area contributed by atoms with Crippen molar-refractivity contribution in [2.75, 3.05) is 13.7 Å². The van der Waals surface area contributed by atoms with Gasteiger partial charge in [-0.05, 0) is 30.2 Å². The number of hydrogen-bond acceptors (Lipinski definition) is 3. The van der Waals surface area contributed by atoms with Crippen LogP contribution >= 0.6 is 0 Å². The van der Waals surface area contributed by atoms with E-state index in [2.05, 4.69) is 24.3 Å². The molecule has 26 heavy (non-hydrogen) atoms. The van der Waals surface area contributed by atoms with E-state index in [1.165, 1.54) is 0 Å². The molecule has 1 amide bonds. The number of nitrogens with zero attached hydrogens (tertiary/aromatic N) is 2. The van der Waals surface area contributed by atoms with Crippen molar-refractivity contribution in [2.24, 2.45) is 5.92 Å². The Morgan fingerprint density at radius 1 is 1.12 bits per heavy atom. The Labute approximate surface area is 153 Å². The number of rotatable bonds is 6. The normalized spacial score (nSPS) is 10.8. The summed E-state index contributed by atoms with van der Waals surface area (Å²) < 4.78 is 7.19. The molecule has 5 nitrogen and oxygen atoms in total. The smallest absolute Gasteiger partial charge is 0.255 e. The number of ether oxygens (including phenoxy) is 1. The van der Waals surface area contributed by atoms with E-state index in [1.54, 1.807) is 18.0 Å². The van der Waals surface area contributed by atoms with Crippen LogP contribution in [0.4, 0.5) is 0 Å². The zero-order chi connectivity index (χ0) is 18.5. The summed E-state index contributed by atoms with van der Waals surface area (Å²) in [4.78, 5) is 12.8. The fourth-order valence-corrected chi connectivity index (χ4v) is 2.68. The topological polar surface area (TPSA) is 56.2 Å². The van der Waals surface area contributed by atoms with Crippen molar-refractivity contribution in [3.63, 3.8) is 0 Å². The average molecular weight is 349 g/mol. The van der Waals surface area contributed by atoms with Gasteiger partial charge in [0, 0.05) is 18.3 Å². The Hall–Kier alpha value is -3.08. The maximum atomic E-state index is 12.8. The van der Waals surface area contributed by atoms with Gasteiger partial charge in [0.25, 0.3) is 5.91 Å².